The van der Waals surface area contributed by atoms with Crippen LogP contribution in [0.3, 0.4) is 0 Å². The van der Waals surface area contributed by atoms with E-state index in [-0.39, 0.29) is 29.1 Å². The van der Waals surface area contributed by atoms with Crippen molar-refractivity contribution in [2.45, 2.75) is 13.3 Å². The molecule has 0 saturated heterocycles. The average Bonchev–Trinajstić information content (AvgIpc) is 2.90. The van der Waals surface area contributed by atoms with Gasteiger partial charge in [0.05, 0.1) is 25.0 Å². The molecule has 2 rings (SSSR count). The number of fused-ring (bicyclic) bond motifs is 1. The number of esters is 1. The van der Waals surface area contributed by atoms with Gasteiger partial charge >= 0.3 is 5.97 Å². The highest BCUT2D eigenvalue weighted by Gasteiger charge is 2.22. The molecule has 118 valence electrons. The third-order valence-electron chi connectivity index (χ3n) is 3.27. The van der Waals surface area contributed by atoms with E-state index in [9.17, 15) is 19.1 Å². The molecule has 7 heteroatoms. The van der Waals surface area contributed by atoms with Crippen molar-refractivity contribution in [3.8, 4) is 11.5 Å². The number of Topliss-reactive ketones (excluding diaryl/α,β-unsaturated/α-hetero) is 1. The SMILES string of the molecule is COC(=O)[C@@H](C)CC(=O)c1cc2c(F)c(OC)c(O)cc2s1. The first-order valence-electron chi connectivity index (χ1n) is 6.49. The van der Waals surface area contributed by atoms with Gasteiger partial charge in [0, 0.05) is 22.6 Å². The number of halogens is 1. The molecule has 0 radical (unpaired) electrons. The number of ketones is 1. The molecule has 0 saturated carbocycles. The quantitative estimate of drug-likeness (QED) is 0.675. The molecule has 1 N–H and O–H groups in total. The molecule has 5 nitrogen and oxygen atoms in total. The van der Waals surface area contributed by atoms with Gasteiger partial charge in [0.1, 0.15) is 0 Å². The summed E-state index contributed by atoms with van der Waals surface area (Å²) < 4.78 is 24.0. The number of benzene rings is 1. The first-order chi connectivity index (χ1) is 10.4. The predicted molar refractivity (Wildman–Crippen MR) is 80.1 cm³/mol. The molecule has 0 spiro atoms. The molecule has 1 atom stereocenters. The molecule has 1 aromatic heterocycles. The average molecular weight is 326 g/mol. The summed E-state index contributed by atoms with van der Waals surface area (Å²) in [4.78, 5) is 23.9. The first kappa shape index (κ1) is 16.2. The third-order valence-corrected chi connectivity index (χ3v) is 4.39. The van der Waals surface area contributed by atoms with Crippen LogP contribution in [-0.2, 0) is 9.53 Å². The fourth-order valence-corrected chi connectivity index (χ4v) is 3.14. The van der Waals surface area contributed by atoms with Crippen LogP contribution in [0.15, 0.2) is 12.1 Å². The molecule has 22 heavy (non-hydrogen) atoms. The van der Waals surface area contributed by atoms with E-state index in [1.807, 2.05) is 0 Å². The Kier molecular flexibility index (Phi) is 4.65. The molecule has 0 aliphatic carbocycles. The Balaban J connectivity index is 2.35. The first-order valence-corrected chi connectivity index (χ1v) is 7.30. The van der Waals surface area contributed by atoms with Crippen LogP contribution >= 0.6 is 11.3 Å². The highest BCUT2D eigenvalue weighted by Crippen LogP contribution is 2.39. The lowest BCUT2D eigenvalue weighted by Crippen LogP contribution is -2.16. The summed E-state index contributed by atoms with van der Waals surface area (Å²) in [6, 6.07) is 2.76. The number of hydrogen-bond acceptors (Lipinski definition) is 6. The maximum Gasteiger partial charge on any atom is 0.308 e. The number of ether oxygens (including phenoxy) is 2. The number of hydrogen-bond donors (Lipinski definition) is 1. The lowest BCUT2D eigenvalue weighted by atomic mass is 10.0. The highest BCUT2D eigenvalue weighted by atomic mass is 32.1. The van der Waals surface area contributed by atoms with Crippen molar-refractivity contribution in [1.82, 2.24) is 0 Å². The molecule has 0 aliphatic rings. The maximum absolute atomic E-state index is 14.2. The summed E-state index contributed by atoms with van der Waals surface area (Å²) in [5.41, 5.74) is 0. The van der Waals surface area contributed by atoms with E-state index < -0.39 is 17.7 Å². The molecular formula is C15H15FO5S. The Hall–Kier alpha value is -2.15. The fourth-order valence-electron chi connectivity index (χ4n) is 2.10. The molecule has 0 aliphatic heterocycles. The van der Waals surface area contributed by atoms with Gasteiger partial charge in [0.25, 0.3) is 0 Å². The van der Waals surface area contributed by atoms with Crippen LogP contribution in [0.2, 0.25) is 0 Å². The van der Waals surface area contributed by atoms with Crippen molar-refractivity contribution >= 4 is 33.2 Å². The van der Waals surface area contributed by atoms with Gasteiger partial charge in [0.15, 0.2) is 23.1 Å². The minimum absolute atomic E-state index is 0.0236. The van der Waals surface area contributed by atoms with Gasteiger partial charge in [-0.05, 0) is 6.07 Å². The molecule has 0 amide bonds. The summed E-state index contributed by atoms with van der Waals surface area (Å²) in [5, 5.41) is 9.89. The molecule has 1 heterocycles. The van der Waals surface area contributed by atoms with Crippen molar-refractivity contribution in [2.24, 2.45) is 5.92 Å². The largest absolute Gasteiger partial charge is 0.504 e. The van der Waals surface area contributed by atoms with Crippen molar-refractivity contribution < 1.29 is 28.6 Å². The van der Waals surface area contributed by atoms with Crippen LogP contribution in [0.1, 0.15) is 23.0 Å². The maximum atomic E-state index is 14.2. The van der Waals surface area contributed by atoms with Gasteiger partial charge < -0.3 is 14.6 Å². The summed E-state index contributed by atoms with van der Waals surface area (Å²) in [6.07, 6.45) is -0.0236. The Morgan fingerprint density at radius 3 is 2.64 bits per heavy atom. The molecule has 0 fully saturated rings. The second kappa shape index (κ2) is 6.31. The zero-order chi connectivity index (χ0) is 16.4. The number of phenolic OH excluding ortho intramolecular Hbond substituents is 1. The second-order valence-corrected chi connectivity index (χ2v) is 5.90. The monoisotopic (exact) mass is 326 g/mol. The van der Waals surface area contributed by atoms with Crippen LogP contribution in [0.5, 0.6) is 11.5 Å². The number of methoxy groups -OCH3 is 2. The van der Waals surface area contributed by atoms with E-state index >= 15 is 0 Å². The summed E-state index contributed by atoms with van der Waals surface area (Å²) in [6.45, 7) is 1.59. The number of thiophene rings is 1. The van der Waals surface area contributed by atoms with Crippen molar-refractivity contribution in [3.05, 3.63) is 22.8 Å². The van der Waals surface area contributed by atoms with Crippen molar-refractivity contribution in [2.75, 3.05) is 14.2 Å². The van der Waals surface area contributed by atoms with E-state index in [2.05, 4.69) is 4.74 Å². The zero-order valence-electron chi connectivity index (χ0n) is 12.3. The van der Waals surface area contributed by atoms with Gasteiger partial charge in [-0.25, -0.2) is 4.39 Å². The summed E-state index contributed by atoms with van der Waals surface area (Å²) in [5.74, 6) is -2.62. The van der Waals surface area contributed by atoms with Gasteiger partial charge in [-0.1, -0.05) is 6.92 Å². The van der Waals surface area contributed by atoms with Crippen LogP contribution in [0.4, 0.5) is 4.39 Å². The highest BCUT2D eigenvalue weighted by molar-refractivity contribution is 7.20. The van der Waals surface area contributed by atoms with Gasteiger partial charge in [-0.2, -0.15) is 0 Å². The van der Waals surface area contributed by atoms with Gasteiger partial charge in [0.2, 0.25) is 0 Å². The molecular weight excluding hydrogens is 311 g/mol. The van der Waals surface area contributed by atoms with Crippen molar-refractivity contribution in [1.29, 1.82) is 0 Å². The van der Waals surface area contributed by atoms with Crippen LogP contribution in [-0.4, -0.2) is 31.1 Å². The number of carbonyl (C=O) groups excluding carboxylic acids is 2. The molecule has 2 aromatic rings. The zero-order valence-corrected chi connectivity index (χ0v) is 13.1. The van der Waals surface area contributed by atoms with Gasteiger partial charge in [-0.15, -0.1) is 11.3 Å². The second-order valence-electron chi connectivity index (χ2n) is 4.82. The number of rotatable bonds is 5. The Labute approximate surface area is 130 Å². The number of aromatic hydroxyl groups is 1. The molecule has 1 aromatic carbocycles. The normalized spacial score (nSPS) is 12.2. The van der Waals surface area contributed by atoms with E-state index in [0.717, 1.165) is 11.3 Å². The van der Waals surface area contributed by atoms with Gasteiger partial charge in [-0.3, -0.25) is 9.59 Å². The number of carbonyl (C=O) groups is 2. The minimum atomic E-state index is -0.714. The van der Waals surface area contributed by atoms with Crippen LogP contribution < -0.4 is 4.74 Å². The van der Waals surface area contributed by atoms with E-state index in [1.165, 1.54) is 26.4 Å². The van der Waals surface area contributed by atoms with E-state index in [4.69, 9.17) is 4.74 Å². The molecule has 0 bridgehead atoms. The lowest BCUT2D eigenvalue weighted by molar-refractivity contribution is -0.144. The van der Waals surface area contributed by atoms with Crippen LogP contribution in [0, 0.1) is 11.7 Å². The standard InChI is InChI=1S/C15H15FO5S/c1-7(15(19)21-3)4-9(17)12-5-8-11(22-12)6-10(18)14(20-2)13(8)16/h5-7,18H,4H2,1-3H3/t7-/m0/s1. The molecule has 0 unspecified atom stereocenters. The Morgan fingerprint density at radius 1 is 1.36 bits per heavy atom. The fraction of sp³-hybridized carbons (Fsp3) is 0.333. The Morgan fingerprint density at radius 2 is 2.05 bits per heavy atom. The van der Waals surface area contributed by atoms with E-state index in [0.29, 0.717) is 9.58 Å². The summed E-state index contributed by atoms with van der Waals surface area (Å²) >= 11 is 1.06. The summed E-state index contributed by atoms with van der Waals surface area (Å²) in [7, 11) is 2.51. The predicted octanol–water partition coefficient (Wildman–Crippen LogP) is 3.14. The lowest BCUT2D eigenvalue weighted by Gasteiger charge is -2.06. The topological polar surface area (TPSA) is 72.8 Å². The van der Waals surface area contributed by atoms with Crippen LogP contribution in [0.25, 0.3) is 10.1 Å². The smallest absolute Gasteiger partial charge is 0.308 e. The minimum Gasteiger partial charge on any atom is -0.504 e. The number of phenols is 1. The van der Waals surface area contributed by atoms with Crippen molar-refractivity contribution in [3.63, 3.8) is 0 Å². The van der Waals surface area contributed by atoms with E-state index in [1.54, 1.807) is 6.92 Å². The third kappa shape index (κ3) is 2.89. The Bertz CT molecular complexity index is 737.